The van der Waals surface area contributed by atoms with Gasteiger partial charge in [-0.3, -0.25) is 0 Å². The van der Waals surface area contributed by atoms with Crippen LogP contribution in [0.1, 0.15) is 12.8 Å². The van der Waals surface area contributed by atoms with Crippen molar-refractivity contribution in [3.8, 4) is 0 Å². The van der Waals surface area contributed by atoms with E-state index in [1.54, 1.807) is 0 Å². The molecule has 0 aromatic heterocycles. The van der Waals surface area contributed by atoms with Crippen LogP contribution in [0.15, 0.2) is 0 Å². The molecule has 0 aromatic rings. The molecule has 1 nitrogen and oxygen atoms in total. The van der Waals surface area contributed by atoms with E-state index in [0.29, 0.717) is 0 Å². The summed E-state index contributed by atoms with van der Waals surface area (Å²) in [5, 5.41) is 3.22. The molecule has 0 heterocycles. The van der Waals surface area contributed by atoms with Crippen molar-refractivity contribution in [2.45, 2.75) is 12.8 Å². The van der Waals surface area contributed by atoms with Gasteiger partial charge in [0.25, 0.3) is 0 Å². The average Bonchev–Trinajstić information content (AvgIpc) is 1.89. The Morgan fingerprint density at radius 2 is 1.30 bits per heavy atom. The van der Waals surface area contributed by atoms with Crippen LogP contribution in [0.3, 0.4) is 0 Å². The number of nitrogens with one attached hydrogen (secondary N) is 1. The first-order chi connectivity index (χ1) is 4.41. The van der Waals surface area contributed by atoms with E-state index >= 15 is 0 Å². The Balaban J connectivity index is 0. The Morgan fingerprint density at radius 1 is 0.900 bits per heavy atom. The molecule has 0 aliphatic heterocycles. The zero-order valence-corrected chi connectivity index (χ0v) is 8.24. The molecule has 0 aliphatic rings. The van der Waals surface area contributed by atoms with Gasteiger partial charge in [0.15, 0.2) is 0 Å². The molecular formula is C6H14Cl3N. The molecule has 0 saturated carbocycles. The first kappa shape index (κ1) is 13.4. The summed E-state index contributed by atoms with van der Waals surface area (Å²) >= 11 is 10.9. The number of hydrogen-bond donors (Lipinski definition) is 1. The SMILES string of the molecule is Cl.ClCCCNCCCCl. The largest absolute Gasteiger partial charge is 0.317 e. The highest BCUT2D eigenvalue weighted by Crippen LogP contribution is 1.83. The second kappa shape index (κ2) is 12.5. The van der Waals surface area contributed by atoms with Crippen molar-refractivity contribution in [2.75, 3.05) is 24.8 Å². The maximum atomic E-state index is 5.45. The van der Waals surface area contributed by atoms with E-state index < -0.39 is 0 Å². The lowest BCUT2D eigenvalue weighted by molar-refractivity contribution is 0.665. The molecule has 0 bridgehead atoms. The summed E-state index contributed by atoms with van der Waals surface area (Å²) in [6, 6.07) is 0. The quantitative estimate of drug-likeness (QED) is 0.519. The van der Waals surface area contributed by atoms with Crippen molar-refractivity contribution >= 4 is 35.6 Å². The summed E-state index contributed by atoms with van der Waals surface area (Å²) in [7, 11) is 0. The van der Waals surface area contributed by atoms with Gasteiger partial charge in [-0.05, 0) is 25.9 Å². The molecule has 1 N–H and O–H groups in total. The second-order valence-corrected chi connectivity index (χ2v) is 2.59. The molecule has 0 atom stereocenters. The fourth-order valence-electron chi connectivity index (χ4n) is 0.509. The Morgan fingerprint density at radius 3 is 1.60 bits per heavy atom. The molecule has 10 heavy (non-hydrogen) atoms. The van der Waals surface area contributed by atoms with Gasteiger partial charge in [-0.25, -0.2) is 0 Å². The monoisotopic (exact) mass is 205 g/mol. The van der Waals surface area contributed by atoms with E-state index in [-0.39, 0.29) is 12.4 Å². The minimum absolute atomic E-state index is 0. The van der Waals surface area contributed by atoms with E-state index in [2.05, 4.69) is 5.32 Å². The van der Waals surface area contributed by atoms with E-state index in [1.807, 2.05) is 0 Å². The third-order valence-electron chi connectivity index (χ3n) is 0.974. The molecule has 0 rings (SSSR count). The Bertz CT molecular complexity index is 46.3. The van der Waals surface area contributed by atoms with Gasteiger partial charge < -0.3 is 5.32 Å². The fraction of sp³-hybridized carbons (Fsp3) is 1.00. The number of rotatable bonds is 6. The van der Waals surface area contributed by atoms with Gasteiger partial charge in [0.05, 0.1) is 0 Å². The minimum atomic E-state index is 0. The van der Waals surface area contributed by atoms with Gasteiger partial charge in [0.1, 0.15) is 0 Å². The predicted molar refractivity (Wildman–Crippen MR) is 50.8 cm³/mol. The van der Waals surface area contributed by atoms with Crippen LogP contribution in [-0.4, -0.2) is 24.8 Å². The maximum absolute atomic E-state index is 5.45. The Labute approximate surface area is 78.9 Å². The summed E-state index contributed by atoms with van der Waals surface area (Å²) in [4.78, 5) is 0. The number of alkyl halides is 2. The van der Waals surface area contributed by atoms with Crippen LogP contribution >= 0.6 is 35.6 Å². The molecule has 0 spiro atoms. The van der Waals surface area contributed by atoms with E-state index in [9.17, 15) is 0 Å². The maximum Gasteiger partial charge on any atom is 0.0235 e. The lowest BCUT2D eigenvalue weighted by atomic mass is 10.4. The van der Waals surface area contributed by atoms with Gasteiger partial charge in [0.2, 0.25) is 0 Å². The van der Waals surface area contributed by atoms with Gasteiger partial charge in [-0.1, -0.05) is 0 Å². The summed E-state index contributed by atoms with van der Waals surface area (Å²) < 4.78 is 0. The summed E-state index contributed by atoms with van der Waals surface area (Å²) in [5.41, 5.74) is 0. The zero-order valence-electron chi connectivity index (χ0n) is 5.91. The topological polar surface area (TPSA) is 12.0 Å². The Hall–Kier alpha value is 0.830. The van der Waals surface area contributed by atoms with Crippen LogP contribution in [0.4, 0.5) is 0 Å². The molecule has 4 heteroatoms. The normalized spacial score (nSPS) is 9.00. The van der Waals surface area contributed by atoms with Crippen molar-refractivity contribution in [3.63, 3.8) is 0 Å². The number of hydrogen-bond acceptors (Lipinski definition) is 1. The van der Waals surface area contributed by atoms with Crippen LogP contribution in [0, 0.1) is 0 Å². The first-order valence-electron chi connectivity index (χ1n) is 3.24. The first-order valence-corrected chi connectivity index (χ1v) is 4.31. The van der Waals surface area contributed by atoms with Crippen LogP contribution in [-0.2, 0) is 0 Å². The minimum Gasteiger partial charge on any atom is -0.317 e. The fourth-order valence-corrected chi connectivity index (χ4v) is 0.776. The summed E-state index contributed by atoms with van der Waals surface area (Å²) in [6.45, 7) is 2.03. The van der Waals surface area contributed by atoms with Gasteiger partial charge >= 0.3 is 0 Å². The predicted octanol–water partition coefficient (Wildman–Crippen LogP) is 2.26. The molecule has 0 amide bonds. The number of halogens is 3. The van der Waals surface area contributed by atoms with E-state index in [1.165, 1.54) is 0 Å². The highest BCUT2D eigenvalue weighted by Gasteiger charge is 1.84. The molecule has 64 valence electrons. The van der Waals surface area contributed by atoms with E-state index in [0.717, 1.165) is 37.7 Å². The van der Waals surface area contributed by atoms with Crippen LogP contribution in [0.5, 0.6) is 0 Å². The molecule has 0 radical (unpaired) electrons. The molecule has 0 fully saturated rings. The summed E-state index contributed by atoms with van der Waals surface area (Å²) in [6.07, 6.45) is 2.09. The van der Waals surface area contributed by atoms with Crippen molar-refractivity contribution in [1.82, 2.24) is 5.32 Å². The third kappa shape index (κ3) is 11.6. The molecule has 0 aromatic carbocycles. The van der Waals surface area contributed by atoms with Crippen molar-refractivity contribution in [1.29, 1.82) is 0 Å². The van der Waals surface area contributed by atoms with Crippen LogP contribution in [0.25, 0.3) is 0 Å². The van der Waals surface area contributed by atoms with E-state index in [4.69, 9.17) is 23.2 Å². The van der Waals surface area contributed by atoms with Crippen LogP contribution < -0.4 is 5.32 Å². The standard InChI is InChI=1S/C6H13Cl2N.ClH/c7-3-1-5-9-6-2-4-8;/h9H,1-6H2;1H. The summed E-state index contributed by atoms with van der Waals surface area (Å²) in [5.74, 6) is 1.49. The van der Waals surface area contributed by atoms with Crippen molar-refractivity contribution < 1.29 is 0 Å². The van der Waals surface area contributed by atoms with Crippen molar-refractivity contribution in [3.05, 3.63) is 0 Å². The van der Waals surface area contributed by atoms with Gasteiger partial charge in [-0.15, -0.1) is 35.6 Å². The molecular weight excluding hydrogens is 192 g/mol. The second-order valence-electron chi connectivity index (χ2n) is 1.84. The van der Waals surface area contributed by atoms with Crippen LogP contribution in [0.2, 0.25) is 0 Å². The highest BCUT2D eigenvalue weighted by molar-refractivity contribution is 6.18. The smallest absolute Gasteiger partial charge is 0.0235 e. The average molecular weight is 207 g/mol. The van der Waals surface area contributed by atoms with Gasteiger partial charge in [-0.2, -0.15) is 0 Å². The lowest BCUT2D eigenvalue weighted by Crippen LogP contribution is -2.17. The lowest BCUT2D eigenvalue weighted by Gasteiger charge is -1.98. The third-order valence-corrected chi connectivity index (χ3v) is 1.51. The molecule has 0 saturated heterocycles. The molecule has 0 aliphatic carbocycles. The Kier molecular flexibility index (Phi) is 16.8. The highest BCUT2D eigenvalue weighted by atomic mass is 35.5. The zero-order chi connectivity index (χ0) is 6.95. The molecule has 0 unspecified atom stereocenters. The van der Waals surface area contributed by atoms with Gasteiger partial charge in [0, 0.05) is 11.8 Å². The van der Waals surface area contributed by atoms with Crippen molar-refractivity contribution in [2.24, 2.45) is 0 Å².